The van der Waals surface area contributed by atoms with Crippen molar-refractivity contribution < 1.29 is 4.79 Å². The van der Waals surface area contributed by atoms with Crippen LogP contribution in [0.25, 0.3) is 0 Å². The fourth-order valence-corrected chi connectivity index (χ4v) is 1.80. The van der Waals surface area contributed by atoms with E-state index in [-0.39, 0.29) is 11.0 Å². The summed E-state index contributed by atoms with van der Waals surface area (Å²) >= 11 is 6.45. The Kier molecular flexibility index (Phi) is 4.53. The van der Waals surface area contributed by atoms with Crippen LogP contribution in [0.4, 0.5) is 5.13 Å². The number of aryl methyl sites for hydroxylation is 1. The van der Waals surface area contributed by atoms with Gasteiger partial charge in [0.25, 0.3) is 0 Å². The first-order valence-corrected chi connectivity index (χ1v) is 6.50. The summed E-state index contributed by atoms with van der Waals surface area (Å²) in [4.78, 5) is 11.7. The summed E-state index contributed by atoms with van der Waals surface area (Å²) in [6, 6.07) is 0. The molecule has 5 nitrogen and oxygen atoms in total. The first kappa shape index (κ1) is 14.0. The molecule has 0 spiro atoms. The van der Waals surface area contributed by atoms with Crippen molar-refractivity contribution in [3.63, 3.8) is 0 Å². The molecule has 0 aliphatic carbocycles. The van der Waals surface area contributed by atoms with Gasteiger partial charge in [-0.2, -0.15) is 0 Å². The molecule has 7 heteroatoms. The standard InChI is InChI=1S/C10H16N4OS2/c1-5-6-13-14-9(17-6)12-8(16)11-7(15)10(2,3)4/h5H2,1-4H3,(H2,11,12,14,15,16). The Morgan fingerprint density at radius 3 is 2.53 bits per heavy atom. The number of rotatable bonds is 2. The van der Waals surface area contributed by atoms with Gasteiger partial charge in [-0.3, -0.25) is 4.79 Å². The monoisotopic (exact) mass is 272 g/mol. The molecular weight excluding hydrogens is 256 g/mol. The number of nitrogens with zero attached hydrogens (tertiary/aromatic N) is 2. The zero-order valence-corrected chi connectivity index (χ0v) is 12.0. The topological polar surface area (TPSA) is 66.9 Å². The number of hydrogen-bond donors (Lipinski definition) is 2. The normalized spacial score (nSPS) is 11.1. The summed E-state index contributed by atoms with van der Waals surface area (Å²) < 4.78 is 0. The molecule has 1 aromatic rings. The third-order valence-electron chi connectivity index (χ3n) is 1.90. The minimum Gasteiger partial charge on any atom is -0.307 e. The lowest BCUT2D eigenvalue weighted by atomic mass is 9.96. The minimum absolute atomic E-state index is 0.129. The maximum absolute atomic E-state index is 11.7. The van der Waals surface area contributed by atoms with Gasteiger partial charge in [0.2, 0.25) is 11.0 Å². The predicted molar refractivity (Wildman–Crippen MR) is 73.1 cm³/mol. The zero-order chi connectivity index (χ0) is 13.1. The second-order valence-electron chi connectivity index (χ2n) is 4.51. The summed E-state index contributed by atoms with van der Waals surface area (Å²) in [5, 5.41) is 15.1. The fraction of sp³-hybridized carbons (Fsp3) is 0.600. The van der Waals surface area contributed by atoms with E-state index in [4.69, 9.17) is 12.2 Å². The van der Waals surface area contributed by atoms with E-state index in [2.05, 4.69) is 20.8 Å². The van der Waals surface area contributed by atoms with E-state index in [1.54, 1.807) is 0 Å². The average Bonchev–Trinajstić information content (AvgIpc) is 2.63. The van der Waals surface area contributed by atoms with Gasteiger partial charge in [-0.25, -0.2) is 0 Å². The molecule has 1 rings (SSSR count). The SMILES string of the molecule is CCc1nnc(NC(=S)NC(=O)C(C)(C)C)s1. The highest BCUT2D eigenvalue weighted by atomic mass is 32.1. The molecule has 0 saturated carbocycles. The van der Waals surface area contributed by atoms with E-state index >= 15 is 0 Å². The predicted octanol–water partition coefficient (Wildman–Crippen LogP) is 1.96. The highest BCUT2D eigenvalue weighted by Crippen LogP contribution is 2.16. The van der Waals surface area contributed by atoms with Crippen molar-refractivity contribution in [2.24, 2.45) is 5.41 Å². The Hall–Kier alpha value is -1.08. The van der Waals surface area contributed by atoms with Gasteiger partial charge < -0.3 is 10.6 Å². The van der Waals surface area contributed by atoms with Crippen molar-refractivity contribution in [1.82, 2.24) is 15.5 Å². The van der Waals surface area contributed by atoms with Crippen molar-refractivity contribution in [3.8, 4) is 0 Å². The van der Waals surface area contributed by atoms with E-state index in [9.17, 15) is 4.79 Å². The highest BCUT2D eigenvalue weighted by molar-refractivity contribution is 7.80. The minimum atomic E-state index is -0.471. The van der Waals surface area contributed by atoms with Crippen molar-refractivity contribution >= 4 is 39.7 Å². The Morgan fingerprint density at radius 1 is 1.41 bits per heavy atom. The Labute approximate surface area is 110 Å². The molecule has 1 amide bonds. The lowest BCUT2D eigenvalue weighted by Crippen LogP contribution is -2.41. The fourth-order valence-electron chi connectivity index (χ4n) is 0.866. The van der Waals surface area contributed by atoms with Gasteiger partial charge in [-0.15, -0.1) is 10.2 Å². The second-order valence-corrected chi connectivity index (χ2v) is 5.98. The van der Waals surface area contributed by atoms with Crippen LogP contribution < -0.4 is 10.6 Å². The lowest BCUT2D eigenvalue weighted by Gasteiger charge is -2.17. The molecule has 0 saturated heterocycles. The van der Waals surface area contributed by atoms with Crippen molar-refractivity contribution in [2.75, 3.05) is 5.32 Å². The summed E-state index contributed by atoms with van der Waals surface area (Å²) in [6.07, 6.45) is 0.834. The summed E-state index contributed by atoms with van der Waals surface area (Å²) in [7, 11) is 0. The smallest absolute Gasteiger partial charge is 0.231 e. The van der Waals surface area contributed by atoms with Crippen LogP contribution in [0.1, 0.15) is 32.7 Å². The van der Waals surface area contributed by atoms with E-state index in [1.165, 1.54) is 11.3 Å². The van der Waals surface area contributed by atoms with Crippen molar-refractivity contribution in [3.05, 3.63) is 5.01 Å². The number of hydrogen-bond acceptors (Lipinski definition) is 5. The van der Waals surface area contributed by atoms with Crippen molar-refractivity contribution in [2.45, 2.75) is 34.1 Å². The van der Waals surface area contributed by atoms with Crippen LogP contribution >= 0.6 is 23.6 Å². The molecule has 1 heterocycles. The molecule has 0 aliphatic rings. The summed E-state index contributed by atoms with van der Waals surface area (Å²) in [5.74, 6) is -0.129. The molecule has 0 radical (unpaired) electrons. The Bertz CT molecular complexity index is 422. The van der Waals surface area contributed by atoms with Crippen LogP contribution in [0.15, 0.2) is 0 Å². The molecule has 0 fully saturated rings. The molecule has 94 valence electrons. The molecule has 0 bridgehead atoms. The van der Waals surface area contributed by atoms with E-state index < -0.39 is 5.41 Å². The zero-order valence-electron chi connectivity index (χ0n) is 10.3. The lowest BCUT2D eigenvalue weighted by molar-refractivity contribution is -0.126. The number of thiocarbonyl (C=S) groups is 1. The van der Waals surface area contributed by atoms with Crippen LogP contribution in [0.5, 0.6) is 0 Å². The maximum atomic E-state index is 11.7. The quantitative estimate of drug-likeness (QED) is 0.806. The number of amides is 1. The molecular formula is C10H16N4OS2. The highest BCUT2D eigenvalue weighted by Gasteiger charge is 2.22. The Morgan fingerprint density at radius 2 is 2.06 bits per heavy atom. The number of carbonyl (C=O) groups is 1. The van der Waals surface area contributed by atoms with Crippen LogP contribution in [-0.2, 0) is 11.2 Å². The maximum Gasteiger partial charge on any atom is 0.231 e. The second kappa shape index (κ2) is 5.50. The molecule has 17 heavy (non-hydrogen) atoms. The number of nitrogens with one attached hydrogen (secondary N) is 2. The summed E-state index contributed by atoms with van der Waals surface area (Å²) in [6.45, 7) is 7.48. The van der Waals surface area contributed by atoms with Crippen LogP contribution in [0.2, 0.25) is 0 Å². The van der Waals surface area contributed by atoms with Crippen molar-refractivity contribution in [1.29, 1.82) is 0 Å². The summed E-state index contributed by atoms with van der Waals surface area (Å²) in [5.41, 5.74) is -0.471. The van der Waals surface area contributed by atoms with Gasteiger partial charge in [-0.1, -0.05) is 39.0 Å². The first-order valence-electron chi connectivity index (χ1n) is 5.27. The van der Waals surface area contributed by atoms with Gasteiger partial charge in [-0.05, 0) is 18.6 Å². The van der Waals surface area contributed by atoms with Crippen LogP contribution in [0, 0.1) is 5.41 Å². The number of aromatic nitrogens is 2. The number of anilines is 1. The third-order valence-corrected chi connectivity index (χ3v) is 3.09. The average molecular weight is 272 g/mol. The first-order chi connectivity index (χ1) is 7.82. The van der Waals surface area contributed by atoms with Gasteiger partial charge in [0.15, 0.2) is 5.11 Å². The van der Waals surface area contributed by atoms with E-state index in [1.807, 2.05) is 27.7 Å². The molecule has 0 unspecified atom stereocenters. The largest absolute Gasteiger partial charge is 0.307 e. The molecule has 0 aliphatic heterocycles. The molecule has 2 N–H and O–H groups in total. The molecule has 1 aromatic heterocycles. The van der Waals surface area contributed by atoms with Gasteiger partial charge in [0.1, 0.15) is 5.01 Å². The van der Waals surface area contributed by atoms with Gasteiger partial charge in [0, 0.05) is 5.41 Å². The number of carbonyl (C=O) groups excluding carboxylic acids is 1. The third kappa shape index (κ3) is 4.35. The van der Waals surface area contributed by atoms with E-state index in [0.717, 1.165) is 11.4 Å². The van der Waals surface area contributed by atoms with Crippen LogP contribution in [-0.4, -0.2) is 21.2 Å². The van der Waals surface area contributed by atoms with Gasteiger partial charge >= 0.3 is 0 Å². The molecule has 0 atom stereocenters. The van der Waals surface area contributed by atoms with Crippen LogP contribution in [0.3, 0.4) is 0 Å². The van der Waals surface area contributed by atoms with Gasteiger partial charge in [0.05, 0.1) is 0 Å². The Balaban J connectivity index is 2.53. The van der Waals surface area contributed by atoms with E-state index in [0.29, 0.717) is 5.13 Å². The molecule has 0 aromatic carbocycles.